The summed E-state index contributed by atoms with van der Waals surface area (Å²) in [7, 11) is 1.42. The first-order valence-electron chi connectivity index (χ1n) is 10.2. The molecule has 0 bridgehead atoms. The first-order chi connectivity index (χ1) is 13.1. The summed E-state index contributed by atoms with van der Waals surface area (Å²) in [6.07, 6.45) is 6.93. The van der Waals surface area contributed by atoms with Crippen LogP contribution in [0, 0.1) is 17.3 Å². The van der Waals surface area contributed by atoms with Crippen molar-refractivity contribution in [2.45, 2.75) is 57.0 Å². The molecule has 1 aliphatic heterocycles. The van der Waals surface area contributed by atoms with Crippen molar-refractivity contribution in [3.8, 4) is 11.8 Å². The molecule has 4 nitrogen and oxygen atoms in total. The zero-order valence-corrected chi connectivity index (χ0v) is 16.4. The molecule has 1 aromatic carbocycles. The molecule has 0 amide bonds. The summed E-state index contributed by atoms with van der Waals surface area (Å²) in [6.45, 7) is 2.93. The van der Waals surface area contributed by atoms with Gasteiger partial charge < -0.3 is 9.84 Å². The van der Waals surface area contributed by atoms with Crippen LogP contribution in [-0.2, 0) is 15.1 Å². The second kappa shape index (κ2) is 8.91. The lowest BCUT2D eigenvalue weighted by molar-refractivity contribution is -0.181. The lowest BCUT2D eigenvalue weighted by atomic mass is 9.59. The molecule has 1 aromatic rings. The standard InChI is InChI=1S/C23H31NO3/c1-27-21(25)22(14-6-3-7-15-22)23(26,20-12-4-2-5-13-20)16-8-9-17-24-18-10-11-19-24/h2,4-5,12-13,26H,3,6-7,10-11,14-19H2,1H3. The molecule has 1 N–H and O–H groups in total. The van der Waals surface area contributed by atoms with Crippen molar-refractivity contribution in [3.05, 3.63) is 35.9 Å². The van der Waals surface area contributed by atoms with Crippen molar-refractivity contribution < 1.29 is 14.6 Å². The molecule has 1 saturated carbocycles. The fraction of sp³-hybridized carbons (Fsp3) is 0.609. The lowest BCUT2D eigenvalue weighted by Gasteiger charge is -2.47. The number of esters is 1. The largest absolute Gasteiger partial charge is 0.468 e. The first-order valence-corrected chi connectivity index (χ1v) is 10.2. The van der Waals surface area contributed by atoms with Crippen molar-refractivity contribution in [2.24, 2.45) is 5.41 Å². The van der Waals surface area contributed by atoms with E-state index in [-0.39, 0.29) is 12.4 Å². The van der Waals surface area contributed by atoms with Crippen molar-refractivity contribution in [3.63, 3.8) is 0 Å². The van der Waals surface area contributed by atoms with Gasteiger partial charge in [0.25, 0.3) is 0 Å². The van der Waals surface area contributed by atoms with E-state index in [1.54, 1.807) is 0 Å². The summed E-state index contributed by atoms with van der Waals surface area (Å²) < 4.78 is 5.19. The molecule has 2 aliphatic rings. The number of hydrogen-bond donors (Lipinski definition) is 1. The monoisotopic (exact) mass is 369 g/mol. The Labute approximate surface area is 162 Å². The lowest BCUT2D eigenvalue weighted by Crippen LogP contribution is -2.52. The van der Waals surface area contributed by atoms with Crippen LogP contribution in [0.15, 0.2) is 30.3 Å². The maximum absolute atomic E-state index is 12.9. The average Bonchev–Trinajstić information content (AvgIpc) is 3.25. The number of ether oxygens (including phenoxy) is 1. The Bertz CT molecular complexity index is 679. The van der Waals surface area contributed by atoms with Gasteiger partial charge in [-0.25, -0.2) is 0 Å². The summed E-state index contributed by atoms with van der Waals surface area (Å²) in [6, 6.07) is 9.55. The molecule has 1 atom stereocenters. The number of carbonyl (C=O) groups excluding carboxylic acids is 1. The molecule has 0 aromatic heterocycles. The summed E-state index contributed by atoms with van der Waals surface area (Å²) in [5.74, 6) is 6.12. The molecule has 27 heavy (non-hydrogen) atoms. The van der Waals surface area contributed by atoms with Crippen LogP contribution >= 0.6 is 0 Å². The van der Waals surface area contributed by atoms with Gasteiger partial charge in [0, 0.05) is 6.42 Å². The number of methoxy groups -OCH3 is 1. The smallest absolute Gasteiger partial charge is 0.315 e. The van der Waals surface area contributed by atoms with Crippen LogP contribution in [-0.4, -0.2) is 42.7 Å². The molecule has 1 unspecified atom stereocenters. The second-order valence-corrected chi connectivity index (χ2v) is 7.87. The molecule has 4 heteroatoms. The van der Waals surface area contributed by atoms with E-state index >= 15 is 0 Å². The Kier molecular flexibility index (Phi) is 6.57. The van der Waals surface area contributed by atoms with Crippen LogP contribution in [0.5, 0.6) is 0 Å². The number of nitrogens with zero attached hydrogens (tertiary/aromatic N) is 1. The summed E-state index contributed by atoms with van der Waals surface area (Å²) in [5, 5.41) is 11.9. The van der Waals surface area contributed by atoms with Gasteiger partial charge >= 0.3 is 5.97 Å². The highest BCUT2D eigenvalue weighted by atomic mass is 16.5. The third kappa shape index (κ3) is 4.05. The van der Waals surface area contributed by atoms with Crippen molar-refractivity contribution in [1.82, 2.24) is 4.90 Å². The molecule has 1 saturated heterocycles. The number of benzene rings is 1. The molecule has 1 heterocycles. The van der Waals surface area contributed by atoms with E-state index < -0.39 is 11.0 Å². The van der Waals surface area contributed by atoms with E-state index in [9.17, 15) is 9.90 Å². The van der Waals surface area contributed by atoms with Crippen LogP contribution in [0.2, 0.25) is 0 Å². The minimum atomic E-state index is -1.33. The van der Waals surface area contributed by atoms with Gasteiger partial charge in [-0.15, -0.1) is 0 Å². The molecule has 3 rings (SSSR count). The highest BCUT2D eigenvalue weighted by molar-refractivity contribution is 5.79. The molecule has 1 aliphatic carbocycles. The molecule has 146 valence electrons. The van der Waals surface area contributed by atoms with Gasteiger partial charge in [0.15, 0.2) is 0 Å². The SMILES string of the molecule is COC(=O)C1(C(O)(CC#CCN2CCCC2)c2ccccc2)CCCCC1. The fourth-order valence-corrected chi connectivity index (χ4v) is 4.70. The minimum Gasteiger partial charge on any atom is -0.468 e. The zero-order valence-electron chi connectivity index (χ0n) is 16.4. The Balaban J connectivity index is 1.91. The van der Waals surface area contributed by atoms with Crippen LogP contribution < -0.4 is 0 Å². The zero-order chi connectivity index (χ0) is 19.2. The molecule has 0 radical (unpaired) electrons. The molecule has 2 fully saturated rings. The first kappa shape index (κ1) is 19.9. The Morgan fingerprint density at radius 1 is 1.11 bits per heavy atom. The van der Waals surface area contributed by atoms with Crippen LogP contribution in [0.3, 0.4) is 0 Å². The van der Waals surface area contributed by atoms with E-state index in [4.69, 9.17) is 4.74 Å². The van der Waals surface area contributed by atoms with Gasteiger partial charge in [-0.2, -0.15) is 0 Å². The van der Waals surface area contributed by atoms with Crippen molar-refractivity contribution >= 4 is 5.97 Å². The Morgan fingerprint density at radius 2 is 1.78 bits per heavy atom. The average molecular weight is 370 g/mol. The van der Waals surface area contributed by atoms with Crippen LogP contribution in [0.25, 0.3) is 0 Å². The van der Waals surface area contributed by atoms with Gasteiger partial charge in [0.05, 0.1) is 13.7 Å². The summed E-state index contributed by atoms with van der Waals surface area (Å²) >= 11 is 0. The van der Waals surface area contributed by atoms with Gasteiger partial charge in [-0.05, 0) is 44.3 Å². The Hall–Kier alpha value is -1.83. The quantitative estimate of drug-likeness (QED) is 0.638. The minimum absolute atomic E-state index is 0.250. The van der Waals surface area contributed by atoms with Crippen molar-refractivity contribution in [1.29, 1.82) is 0 Å². The second-order valence-electron chi connectivity index (χ2n) is 7.87. The fourth-order valence-electron chi connectivity index (χ4n) is 4.70. The predicted molar refractivity (Wildman–Crippen MR) is 106 cm³/mol. The van der Waals surface area contributed by atoms with E-state index in [2.05, 4.69) is 16.7 Å². The highest BCUT2D eigenvalue weighted by Crippen LogP contribution is 2.52. The topological polar surface area (TPSA) is 49.8 Å². The van der Waals surface area contributed by atoms with Gasteiger partial charge in [0.1, 0.15) is 11.0 Å². The number of rotatable bonds is 5. The maximum atomic E-state index is 12.9. The van der Waals surface area contributed by atoms with E-state index in [0.29, 0.717) is 12.8 Å². The third-order valence-electron chi connectivity index (χ3n) is 6.30. The highest BCUT2D eigenvalue weighted by Gasteiger charge is 2.57. The van der Waals surface area contributed by atoms with Crippen LogP contribution in [0.1, 0.15) is 56.9 Å². The Morgan fingerprint density at radius 3 is 2.41 bits per heavy atom. The van der Waals surface area contributed by atoms with E-state index in [1.165, 1.54) is 20.0 Å². The number of hydrogen-bond acceptors (Lipinski definition) is 4. The number of likely N-dealkylation sites (tertiary alicyclic amines) is 1. The maximum Gasteiger partial charge on any atom is 0.315 e. The van der Waals surface area contributed by atoms with Gasteiger partial charge in [-0.1, -0.05) is 61.4 Å². The van der Waals surface area contributed by atoms with E-state index in [1.807, 2.05) is 30.3 Å². The molecular formula is C23H31NO3. The van der Waals surface area contributed by atoms with Crippen molar-refractivity contribution in [2.75, 3.05) is 26.7 Å². The summed E-state index contributed by atoms with van der Waals surface area (Å²) in [5.41, 5.74) is -1.50. The number of carbonyl (C=O) groups is 1. The van der Waals surface area contributed by atoms with E-state index in [0.717, 1.165) is 44.5 Å². The van der Waals surface area contributed by atoms with Gasteiger partial charge in [0.2, 0.25) is 0 Å². The predicted octanol–water partition coefficient (Wildman–Crippen LogP) is 3.49. The third-order valence-corrected chi connectivity index (χ3v) is 6.30. The number of aliphatic hydroxyl groups is 1. The summed E-state index contributed by atoms with van der Waals surface area (Å²) in [4.78, 5) is 15.3. The molecular weight excluding hydrogens is 338 g/mol. The van der Waals surface area contributed by atoms with Gasteiger partial charge in [-0.3, -0.25) is 9.69 Å². The van der Waals surface area contributed by atoms with Crippen LogP contribution in [0.4, 0.5) is 0 Å². The molecule has 0 spiro atoms. The normalized spacial score (nSPS) is 21.7.